The van der Waals surface area contributed by atoms with Gasteiger partial charge >= 0.3 is 23.9 Å². The summed E-state index contributed by atoms with van der Waals surface area (Å²) in [6.45, 7) is 22.1. The summed E-state index contributed by atoms with van der Waals surface area (Å²) in [7, 11) is 0. The lowest BCUT2D eigenvalue weighted by Crippen LogP contribution is -2.39. The first-order valence-electron chi connectivity index (χ1n) is 25.8. The van der Waals surface area contributed by atoms with Crippen molar-refractivity contribution in [2.24, 2.45) is 21.7 Å². The first kappa shape index (κ1) is 60.0. The summed E-state index contributed by atoms with van der Waals surface area (Å²) >= 11 is 0. The monoisotopic (exact) mass is 1020 g/mol. The Labute approximate surface area is 443 Å². The molecule has 2 aliphatic carbocycles. The van der Waals surface area contributed by atoms with Crippen molar-refractivity contribution in [2.75, 3.05) is 52.5 Å². The van der Waals surface area contributed by atoms with Crippen molar-refractivity contribution in [3.8, 4) is 36.4 Å². The number of rotatable bonds is 21. The summed E-state index contributed by atoms with van der Waals surface area (Å²) in [5, 5.41) is 66.1. The van der Waals surface area contributed by atoms with Crippen molar-refractivity contribution in [1.29, 1.82) is 31.6 Å². The molecular formula is C58H73N9O8. The Morgan fingerprint density at radius 2 is 1.15 bits per heavy atom. The second-order valence-electron chi connectivity index (χ2n) is 22.6. The molecule has 398 valence electrons. The number of esters is 4. The Hall–Kier alpha value is -7.60. The second-order valence-corrected chi connectivity index (χ2v) is 22.6. The quantitative estimate of drug-likeness (QED) is 0.0369. The maximum absolute atomic E-state index is 14.2. The summed E-state index contributed by atoms with van der Waals surface area (Å²) < 4.78 is 23.1. The third-order valence-corrected chi connectivity index (χ3v) is 13.9. The zero-order chi connectivity index (χ0) is 55.7. The van der Waals surface area contributed by atoms with E-state index in [1.54, 1.807) is 6.92 Å². The molecule has 2 fully saturated rings. The molecule has 2 heterocycles. The molecular weight excluding hydrogens is 951 g/mol. The number of hydrogen-bond acceptors (Lipinski definition) is 17. The topological polar surface area (TPSA) is 266 Å². The number of carbonyl (C=O) groups is 4. The molecule has 2 aliphatic heterocycles. The number of nitrogens with zero attached hydrogens (tertiary/aromatic N) is 8. The average molecular weight is 1020 g/mol. The lowest BCUT2D eigenvalue weighted by molar-refractivity contribution is -0.157. The van der Waals surface area contributed by atoms with Gasteiger partial charge in [-0.15, -0.1) is 0 Å². The van der Waals surface area contributed by atoms with Gasteiger partial charge in [0.15, 0.2) is 0 Å². The highest BCUT2D eigenvalue weighted by Gasteiger charge is 2.41. The molecule has 1 unspecified atom stereocenters. The Morgan fingerprint density at radius 3 is 1.51 bits per heavy atom. The highest BCUT2D eigenvalue weighted by atomic mass is 16.6. The zero-order valence-corrected chi connectivity index (χ0v) is 45.4. The lowest BCUT2D eigenvalue weighted by Gasteiger charge is -2.37. The van der Waals surface area contributed by atoms with Gasteiger partial charge in [0.25, 0.3) is 0 Å². The fourth-order valence-electron chi connectivity index (χ4n) is 9.90. The van der Waals surface area contributed by atoms with Crippen LogP contribution < -0.4 is 5.32 Å². The Bertz CT molecular complexity index is 2570. The molecule has 0 saturated carbocycles. The minimum atomic E-state index is -1.57. The van der Waals surface area contributed by atoms with Gasteiger partial charge in [0.05, 0.1) is 28.7 Å². The Balaban J connectivity index is 1.78. The second kappa shape index (κ2) is 26.6. The SMILES string of the molecule is C=CC(=O)OC(CCC)CN/C(CC(C)(C)C)=C(C#N)/C=C(\C#N)C(=O)OCC(CC)(COC(=O)/C(C#N)=C1\CC(C)(C)CC(N2CCCC2)=C1C#N)COC(=O)/C(C#N)=C1\CC(C)(C)CC(N2CCCC2)=C1C#N. The minimum absolute atomic E-state index is 0.00663. The van der Waals surface area contributed by atoms with E-state index in [2.05, 4.69) is 39.9 Å². The van der Waals surface area contributed by atoms with Crippen LogP contribution in [-0.2, 0) is 38.1 Å². The standard InChI is InChI=1S/C58H73N9O8/c1-11-18-41(75-51(68)12-2)35-65-48(26-55(4,5)6)39(29-59)23-40(30-60)52(69)72-36-58(13-3,37-73-53(70)46(33-63)42-24-56(7,8)27-49(44(42)31-61)66-19-14-15-20-66)38-74-54(71)47(34-64)43-25-57(9,10)28-50(45(43)32-62)67-21-16-17-22-67/h12,23,41,65H,2,11,13-22,24-28,35-38H2,1,3-10H3/b40-23+,46-42+,47-43+,48-39-. The molecule has 75 heavy (non-hydrogen) atoms. The van der Waals surface area contributed by atoms with Gasteiger partial charge in [-0.1, -0.05) is 75.3 Å². The van der Waals surface area contributed by atoms with Gasteiger partial charge in [-0.2, -0.15) is 31.6 Å². The van der Waals surface area contributed by atoms with Crippen molar-refractivity contribution in [1.82, 2.24) is 15.1 Å². The van der Waals surface area contributed by atoms with Crippen LogP contribution in [-0.4, -0.2) is 92.3 Å². The average Bonchev–Trinajstić information content (AvgIpc) is 4.12. The molecule has 17 nitrogen and oxygen atoms in total. The highest BCUT2D eigenvalue weighted by Crippen LogP contribution is 2.46. The van der Waals surface area contributed by atoms with Crippen molar-refractivity contribution in [3.63, 3.8) is 0 Å². The van der Waals surface area contributed by atoms with Crippen LogP contribution in [0.2, 0.25) is 0 Å². The van der Waals surface area contributed by atoms with E-state index in [-0.39, 0.29) is 71.2 Å². The van der Waals surface area contributed by atoms with E-state index in [9.17, 15) is 50.7 Å². The number of hydrogen-bond donors (Lipinski definition) is 1. The van der Waals surface area contributed by atoms with Crippen LogP contribution in [0.25, 0.3) is 0 Å². The number of ether oxygens (including phenoxy) is 4. The number of nitriles is 6. The molecule has 4 rings (SSSR count). The van der Waals surface area contributed by atoms with Crippen LogP contribution in [0, 0.1) is 89.6 Å². The van der Waals surface area contributed by atoms with E-state index in [0.717, 1.165) is 75.4 Å². The molecule has 0 aromatic rings. The van der Waals surface area contributed by atoms with E-state index in [4.69, 9.17) is 18.9 Å². The van der Waals surface area contributed by atoms with Gasteiger partial charge in [-0.05, 0) is 104 Å². The van der Waals surface area contributed by atoms with E-state index < -0.39 is 77.0 Å². The molecule has 0 bridgehead atoms. The van der Waals surface area contributed by atoms with Crippen LogP contribution >= 0.6 is 0 Å². The van der Waals surface area contributed by atoms with Crippen molar-refractivity contribution in [3.05, 3.63) is 80.4 Å². The van der Waals surface area contributed by atoms with Crippen molar-refractivity contribution < 1.29 is 38.1 Å². The van der Waals surface area contributed by atoms with Gasteiger partial charge in [-0.3, -0.25) is 0 Å². The van der Waals surface area contributed by atoms with Crippen LogP contribution in [0.4, 0.5) is 0 Å². The number of allylic oxidation sites excluding steroid dienone is 9. The normalized spacial score (nSPS) is 19.6. The zero-order valence-electron chi connectivity index (χ0n) is 45.4. The molecule has 2 saturated heterocycles. The third kappa shape index (κ3) is 16.2. The lowest BCUT2D eigenvalue weighted by atomic mass is 9.72. The predicted molar refractivity (Wildman–Crippen MR) is 277 cm³/mol. The molecule has 1 N–H and O–H groups in total. The first-order chi connectivity index (χ1) is 35.5. The van der Waals surface area contributed by atoms with E-state index in [0.29, 0.717) is 31.4 Å². The van der Waals surface area contributed by atoms with Crippen molar-refractivity contribution >= 4 is 23.9 Å². The van der Waals surface area contributed by atoms with E-state index in [1.165, 1.54) is 0 Å². The van der Waals surface area contributed by atoms with Crippen molar-refractivity contribution in [2.45, 2.75) is 145 Å². The molecule has 4 aliphatic rings. The summed E-state index contributed by atoms with van der Waals surface area (Å²) in [5.41, 5.74) is -1.28. The molecule has 1 atom stereocenters. The Morgan fingerprint density at radius 1 is 0.693 bits per heavy atom. The maximum atomic E-state index is 14.2. The van der Waals surface area contributed by atoms with Gasteiger partial charge in [-0.25, -0.2) is 19.2 Å². The fourth-order valence-corrected chi connectivity index (χ4v) is 9.90. The smallest absolute Gasteiger partial charge is 0.349 e. The summed E-state index contributed by atoms with van der Waals surface area (Å²) in [4.78, 5) is 58.8. The molecule has 0 amide bonds. The van der Waals surface area contributed by atoms with Crippen LogP contribution in [0.5, 0.6) is 0 Å². The molecule has 0 spiro atoms. The Kier molecular flexibility index (Phi) is 21.2. The fraction of sp³-hybridized carbons (Fsp3) is 0.586. The van der Waals surface area contributed by atoms with Gasteiger partial charge in [0.2, 0.25) is 0 Å². The van der Waals surface area contributed by atoms with Gasteiger partial charge < -0.3 is 34.1 Å². The maximum Gasteiger partial charge on any atom is 0.349 e. The molecule has 0 aromatic heterocycles. The van der Waals surface area contributed by atoms with Crippen LogP contribution in [0.15, 0.2) is 80.4 Å². The predicted octanol–water partition coefficient (Wildman–Crippen LogP) is 9.19. The van der Waals surface area contributed by atoms with Crippen LogP contribution in [0.1, 0.15) is 139 Å². The van der Waals surface area contributed by atoms with Crippen LogP contribution in [0.3, 0.4) is 0 Å². The highest BCUT2D eigenvalue weighted by molar-refractivity contribution is 5.96. The number of likely N-dealkylation sites (tertiary alicyclic amines) is 2. The van der Waals surface area contributed by atoms with E-state index in [1.807, 2.05) is 73.6 Å². The molecule has 0 aromatic carbocycles. The molecule has 0 radical (unpaired) electrons. The summed E-state index contributed by atoms with van der Waals surface area (Å²) in [5.74, 6) is -3.89. The number of carbonyl (C=O) groups excluding carboxylic acids is 4. The largest absolute Gasteiger partial charge is 0.461 e. The molecule has 17 heteroatoms. The van der Waals surface area contributed by atoms with Gasteiger partial charge in [0.1, 0.15) is 79.1 Å². The summed E-state index contributed by atoms with van der Waals surface area (Å²) in [6, 6.07) is 12.4. The summed E-state index contributed by atoms with van der Waals surface area (Å²) in [6.07, 6.45) is 8.43. The minimum Gasteiger partial charge on any atom is -0.461 e. The first-order valence-corrected chi connectivity index (χ1v) is 25.8. The number of nitrogens with one attached hydrogen (secondary N) is 1. The van der Waals surface area contributed by atoms with Gasteiger partial charge in [0, 0.05) is 49.3 Å². The third-order valence-electron chi connectivity index (χ3n) is 13.9. The van der Waals surface area contributed by atoms with E-state index >= 15 is 0 Å².